The Bertz CT molecular complexity index is 152. The van der Waals surface area contributed by atoms with Crippen molar-refractivity contribution in [2.45, 2.75) is 32.6 Å². The molecule has 1 amide bonds. The summed E-state index contributed by atoms with van der Waals surface area (Å²) in [7, 11) is 1.93. The molecule has 4 nitrogen and oxygen atoms in total. The van der Waals surface area contributed by atoms with E-state index in [1.165, 1.54) is 0 Å². The molecule has 0 saturated carbocycles. The fraction of sp³-hybridized carbons (Fsp3) is 0.909. The Kier molecular flexibility index (Phi) is 11.0. The topological polar surface area (TPSA) is 50.4 Å². The van der Waals surface area contributed by atoms with Crippen LogP contribution in [0.25, 0.3) is 0 Å². The lowest BCUT2D eigenvalue weighted by molar-refractivity contribution is -0.121. The smallest absolute Gasteiger partial charge is 0.219 e. The molecule has 15 heavy (non-hydrogen) atoms. The summed E-state index contributed by atoms with van der Waals surface area (Å²) in [5.74, 6) is 0.146. The molecule has 0 aliphatic rings. The first-order chi connectivity index (χ1) is 7.31. The highest BCUT2D eigenvalue weighted by molar-refractivity contribution is 5.75. The fourth-order valence-electron chi connectivity index (χ4n) is 1.17. The van der Waals surface area contributed by atoms with Crippen LogP contribution in [0.2, 0.25) is 0 Å². The Morgan fingerprint density at radius 1 is 1.20 bits per heavy atom. The second-order valence-corrected chi connectivity index (χ2v) is 3.52. The summed E-state index contributed by atoms with van der Waals surface area (Å²) in [4.78, 5) is 11.1. The largest absolute Gasteiger partial charge is 0.381 e. The molecular formula is C11H24N2O2. The Hall–Kier alpha value is -0.610. The van der Waals surface area contributed by atoms with Crippen LogP contribution in [0.1, 0.15) is 32.6 Å². The molecule has 0 bridgehead atoms. The first-order valence-corrected chi connectivity index (χ1v) is 5.80. The van der Waals surface area contributed by atoms with E-state index in [0.29, 0.717) is 6.42 Å². The summed E-state index contributed by atoms with van der Waals surface area (Å²) in [6.07, 6.45) is 3.48. The molecule has 0 aromatic heterocycles. The van der Waals surface area contributed by atoms with Gasteiger partial charge in [0.15, 0.2) is 0 Å². The lowest BCUT2D eigenvalue weighted by Crippen LogP contribution is -2.24. The summed E-state index contributed by atoms with van der Waals surface area (Å²) in [5.41, 5.74) is 0. The van der Waals surface area contributed by atoms with Gasteiger partial charge in [-0.25, -0.2) is 0 Å². The van der Waals surface area contributed by atoms with Crippen molar-refractivity contribution in [2.24, 2.45) is 0 Å². The third kappa shape index (κ3) is 11.3. The number of ether oxygens (including phenoxy) is 1. The maximum absolute atomic E-state index is 11.1. The van der Waals surface area contributed by atoms with Crippen LogP contribution in [0.3, 0.4) is 0 Å². The van der Waals surface area contributed by atoms with Crippen molar-refractivity contribution >= 4 is 5.91 Å². The molecule has 0 aromatic rings. The summed E-state index contributed by atoms with van der Waals surface area (Å²) >= 11 is 0. The van der Waals surface area contributed by atoms with Gasteiger partial charge in [-0.15, -0.1) is 0 Å². The van der Waals surface area contributed by atoms with Crippen LogP contribution in [0.5, 0.6) is 0 Å². The van der Waals surface area contributed by atoms with Gasteiger partial charge in [-0.1, -0.05) is 6.92 Å². The van der Waals surface area contributed by atoms with E-state index in [4.69, 9.17) is 4.74 Å². The Morgan fingerprint density at radius 2 is 1.87 bits per heavy atom. The van der Waals surface area contributed by atoms with Crippen molar-refractivity contribution in [3.05, 3.63) is 0 Å². The molecule has 0 atom stereocenters. The van der Waals surface area contributed by atoms with Crippen LogP contribution < -0.4 is 10.6 Å². The summed E-state index contributed by atoms with van der Waals surface area (Å²) in [5, 5.41) is 5.92. The number of hydrogen-bond donors (Lipinski definition) is 2. The monoisotopic (exact) mass is 216 g/mol. The normalized spacial score (nSPS) is 10.3. The molecule has 0 unspecified atom stereocenters. The van der Waals surface area contributed by atoms with Crippen molar-refractivity contribution in [1.29, 1.82) is 0 Å². The first kappa shape index (κ1) is 14.4. The molecule has 90 valence electrons. The van der Waals surface area contributed by atoms with Crippen LogP contribution in [0.4, 0.5) is 0 Å². The average Bonchev–Trinajstić information content (AvgIpc) is 2.22. The molecule has 0 aromatic carbocycles. The van der Waals surface area contributed by atoms with E-state index in [-0.39, 0.29) is 5.91 Å². The third-order valence-electron chi connectivity index (χ3n) is 1.98. The van der Waals surface area contributed by atoms with E-state index in [0.717, 1.165) is 45.6 Å². The second-order valence-electron chi connectivity index (χ2n) is 3.52. The molecule has 0 rings (SSSR count). The maximum Gasteiger partial charge on any atom is 0.219 e. The average molecular weight is 216 g/mol. The van der Waals surface area contributed by atoms with Gasteiger partial charge in [-0.3, -0.25) is 4.79 Å². The molecule has 0 aliphatic carbocycles. The van der Waals surface area contributed by atoms with Crippen LogP contribution in [0, 0.1) is 0 Å². The van der Waals surface area contributed by atoms with Crippen molar-refractivity contribution in [2.75, 3.05) is 33.4 Å². The van der Waals surface area contributed by atoms with E-state index in [1.807, 2.05) is 14.0 Å². The fourth-order valence-corrected chi connectivity index (χ4v) is 1.17. The first-order valence-electron chi connectivity index (χ1n) is 5.80. The number of hydrogen-bond acceptors (Lipinski definition) is 3. The van der Waals surface area contributed by atoms with Gasteiger partial charge < -0.3 is 15.4 Å². The number of carbonyl (C=O) groups excluding carboxylic acids is 1. The standard InChI is InChI=1S/C11H24N2O2/c1-3-6-11(14)13-8-5-10-15-9-4-7-12-2/h12H,3-10H2,1-2H3,(H,13,14). The van der Waals surface area contributed by atoms with Gasteiger partial charge in [0.05, 0.1) is 0 Å². The van der Waals surface area contributed by atoms with Crippen molar-refractivity contribution in [3.63, 3.8) is 0 Å². The van der Waals surface area contributed by atoms with Gasteiger partial charge in [0.2, 0.25) is 5.91 Å². The Labute approximate surface area is 92.8 Å². The molecule has 0 spiro atoms. The van der Waals surface area contributed by atoms with Crippen LogP contribution in [-0.4, -0.2) is 39.3 Å². The molecule has 0 saturated heterocycles. The zero-order valence-corrected chi connectivity index (χ0v) is 9.97. The zero-order chi connectivity index (χ0) is 11.4. The highest BCUT2D eigenvalue weighted by Gasteiger charge is 1.97. The van der Waals surface area contributed by atoms with Gasteiger partial charge >= 0.3 is 0 Å². The molecule has 0 radical (unpaired) electrons. The van der Waals surface area contributed by atoms with Gasteiger partial charge in [0.25, 0.3) is 0 Å². The molecular weight excluding hydrogens is 192 g/mol. The summed E-state index contributed by atoms with van der Waals surface area (Å²) in [6, 6.07) is 0. The number of nitrogens with one attached hydrogen (secondary N) is 2. The predicted molar refractivity (Wildman–Crippen MR) is 61.9 cm³/mol. The molecule has 0 fully saturated rings. The minimum atomic E-state index is 0.146. The second kappa shape index (κ2) is 11.5. The van der Waals surface area contributed by atoms with E-state index in [2.05, 4.69) is 10.6 Å². The minimum Gasteiger partial charge on any atom is -0.381 e. The lowest BCUT2D eigenvalue weighted by atomic mass is 10.3. The van der Waals surface area contributed by atoms with Crippen LogP contribution in [-0.2, 0) is 9.53 Å². The van der Waals surface area contributed by atoms with Crippen molar-refractivity contribution in [1.82, 2.24) is 10.6 Å². The van der Waals surface area contributed by atoms with Gasteiger partial charge in [0.1, 0.15) is 0 Å². The van der Waals surface area contributed by atoms with Crippen LogP contribution >= 0.6 is 0 Å². The Balaban J connectivity index is 3.01. The molecule has 0 heterocycles. The molecule has 4 heteroatoms. The van der Waals surface area contributed by atoms with Crippen LogP contribution in [0.15, 0.2) is 0 Å². The predicted octanol–water partition coefficient (Wildman–Crippen LogP) is 0.919. The van der Waals surface area contributed by atoms with Gasteiger partial charge in [-0.2, -0.15) is 0 Å². The zero-order valence-electron chi connectivity index (χ0n) is 9.97. The van der Waals surface area contributed by atoms with Crippen molar-refractivity contribution in [3.8, 4) is 0 Å². The number of amides is 1. The van der Waals surface area contributed by atoms with E-state index >= 15 is 0 Å². The third-order valence-corrected chi connectivity index (χ3v) is 1.98. The van der Waals surface area contributed by atoms with E-state index in [1.54, 1.807) is 0 Å². The van der Waals surface area contributed by atoms with E-state index in [9.17, 15) is 4.79 Å². The quantitative estimate of drug-likeness (QED) is 0.534. The maximum atomic E-state index is 11.1. The molecule has 0 aliphatic heterocycles. The highest BCUT2D eigenvalue weighted by atomic mass is 16.5. The van der Waals surface area contributed by atoms with Gasteiger partial charge in [-0.05, 0) is 32.9 Å². The number of rotatable bonds is 10. The van der Waals surface area contributed by atoms with Crippen molar-refractivity contribution < 1.29 is 9.53 Å². The summed E-state index contributed by atoms with van der Waals surface area (Å²) < 4.78 is 5.39. The Morgan fingerprint density at radius 3 is 2.47 bits per heavy atom. The SMILES string of the molecule is CCCC(=O)NCCCOCCCNC. The summed E-state index contributed by atoms with van der Waals surface area (Å²) in [6.45, 7) is 5.25. The van der Waals surface area contributed by atoms with Gasteiger partial charge in [0, 0.05) is 26.2 Å². The highest BCUT2D eigenvalue weighted by Crippen LogP contribution is 1.87. The van der Waals surface area contributed by atoms with E-state index < -0.39 is 0 Å². The lowest BCUT2D eigenvalue weighted by Gasteiger charge is -2.05. The minimum absolute atomic E-state index is 0.146. The molecule has 2 N–H and O–H groups in total. The number of carbonyl (C=O) groups is 1.